The van der Waals surface area contributed by atoms with Crippen LogP contribution in [0.5, 0.6) is 5.75 Å². The zero-order valence-corrected chi connectivity index (χ0v) is 25.3. The summed E-state index contributed by atoms with van der Waals surface area (Å²) in [5.74, 6) is 2.31. The lowest BCUT2D eigenvalue weighted by atomic mass is 10.1. The van der Waals surface area contributed by atoms with Gasteiger partial charge in [-0.2, -0.15) is 15.0 Å². The highest BCUT2D eigenvalue weighted by Crippen LogP contribution is 2.29. The smallest absolute Gasteiger partial charge is 0.233 e. The predicted molar refractivity (Wildman–Crippen MR) is 182 cm³/mol. The number of nitrogens with one attached hydrogen (secondary N) is 1. The molecule has 0 aliphatic rings. The van der Waals surface area contributed by atoms with Crippen LogP contribution in [0, 0.1) is 0 Å². The zero-order chi connectivity index (χ0) is 30.7. The highest BCUT2D eigenvalue weighted by atomic mass is 16.5. The molecular weight excluding hydrogens is 556 g/mol. The van der Waals surface area contributed by atoms with Crippen molar-refractivity contribution < 1.29 is 4.74 Å². The van der Waals surface area contributed by atoms with Gasteiger partial charge >= 0.3 is 0 Å². The van der Waals surface area contributed by atoms with Crippen LogP contribution in [0.4, 0.5) is 23.5 Å². The third-order valence-corrected chi connectivity index (χ3v) is 7.40. The second-order valence-corrected chi connectivity index (χ2v) is 10.7. The molecule has 0 aliphatic carbocycles. The molecule has 0 atom stereocenters. The van der Waals surface area contributed by atoms with Crippen molar-refractivity contribution in [3.63, 3.8) is 0 Å². The Morgan fingerprint density at radius 2 is 0.822 bits per heavy atom. The molecule has 0 spiro atoms. The van der Waals surface area contributed by atoms with Crippen LogP contribution in [0.25, 0.3) is 0 Å². The highest BCUT2D eigenvalue weighted by Gasteiger charge is 2.20. The van der Waals surface area contributed by atoms with E-state index in [1.54, 1.807) is 7.11 Å². The highest BCUT2D eigenvalue weighted by molar-refractivity contribution is 5.63. The van der Waals surface area contributed by atoms with Gasteiger partial charge in [0, 0.05) is 26.2 Å². The lowest BCUT2D eigenvalue weighted by molar-refractivity contribution is 0.417. The van der Waals surface area contributed by atoms with Crippen molar-refractivity contribution in [1.29, 1.82) is 0 Å². The molecule has 0 saturated carbocycles. The van der Waals surface area contributed by atoms with Gasteiger partial charge in [0.25, 0.3) is 0 Å². The molecule has 0 fully saturated rings. The molecule has 1 N–H and O–H groups in total. The Morgan fingerprint density at radius 3 is 1.20 bits per heavy atom. The molecule has 1 heterocycles. The van der Waals surface area contributed by atoms with E-state index < -0.39 is 0 Å². The van der Waals surface area contributed by atoms with Crippen molar-refractivity contribution in [3.8, 4) is 5.75 Å². The quantitative estimate of drug-likeness (QED) is 0.146. The molecule has 0 radical (unpaired) electrons. The predicted octanol–water partition coefficient (Wildman–Crippen LogP) is 8.04. The fourth-order valence-corrected chi connectivity index (χ4v) is 5.17. The summed E-state index contributed by atoms with van der Waals surface area (Å²) in [6, 6.07) is 49.4. The number of hydrogen-bond donors (Lipinski definition) is 1. The van der Waals surface area contributed by atoms with Crippen LogP contribution < -0.4 is 19.9 Å². The standard InChI is InChI=1S/C38H36N6O/c1-45-35-25-15-14-24-34(35)39-36-40-37(43(26-30-16-6-2-7-17-30)27-31-18-8-3-9-19-31)42-38(41-36)44(28-32-20-10-4-11-21-32)29-33-22-12-5-13-23-33/h2-25H,26-29H2,1H3,(H,39,40,41,42). The Hall–Kier alpha value is -5.69. The van der Waals surface area contributed by atoms with Crippen LogP contribution in [-0.4, -0.2) is 22.1 Å². The third-order valence-electron chi connectivity index (χ3n) is 7.40. The normalized spacial score (nSPS) is 10.7. The molecule has 0 bridgehead atoms. The molecule has 7 heteroatoms. The minimum absolute atomic E-state index is 0.441. The van der Waals surface area contributed by atoms with Crippen LogP contribution in [0.1, 0.15) is 22.3 Å². The first-order valence-electron chi connectivity index (χ1n) is 15.1. The maximum Gasteiger partial charge on any atom is 0.233 e. The molecule has 45 heavy (non-hydrogen) atoms. The van der Waals surface area contributed by atoms with Gasteiger partial charge in [-0.3, -0.25) is 0 Å². The Morgan fingerprint density at radius 1 is 0.467 bits per heavy atom. The maximum absolute atomic E-state index is 5.63. The van der Waals surface area contributed by atoms with Gasteiger partial charge in [-0.15, -0.1) is 0 Å². The van der Waals surface area contributed by atoms with E-state index in [2.05, 4.69) is 112 Å². The monoisotopic (exact) mass is 592 g/mol. The topological polar surface area (TPSA) is 66.4 Å². The van der Waals surface area contributed by atoms with Gasteiger partial charge in [0.05, 0.1) is 12.8 Å². The average molecular weight is 593 g/mol. The van der Waals surface area contributed by atoms with Crippen LogP contribution >= 0.6 is 0 Å². The number of aromatic nitrogens is 3. The minimum Gasteiger partial charge on any atom is -0.495 e. The third kappa shape index (κ3) is 8.03. The van der Waals surface area contributed by atoms with Crippen LogP contribution in [-0.2, 0) is 26.2 Å². The van der Waals surface area contributed by atoms with Crippen LogP contribution in [0.2, 0.25) is 0 Å². The number of ether oxygens (including phenoxy) is 1. The van der Waals surface area contributed by atoms with E-state index in [9.17, 15) is 0 Å². The molecule has 0 saturated heterocycles. The first-order chi connectivity index (χ1) is 22.2. The number of nitrogens with zero attached hydrogens (tertiary/aromatic N) is 5. The molecule has 6 aromatic rings. The van der Waals surface area contributed by atoms with Crippen molar-refractivity contribution in [3.05, 3.63) is 168 Å². The van der Waals surface area contributed by atoms with Crippen LogP contribution in [0.15, 0.2) is 146 Å². The summed E-state index contributed by atoms with van der Waals surface area (Å²) in [5.41, 5.74) is 5.44. The summed E-state index contributed by atoms with van der Waals surface area (Å²) >= 11 is 0. The summed E-state index contributed by atoms with van der Waals surface area (Å²) in [5, 5.41) is 3.43. The van der Waals surface area contributed by atoms with Gasteiger partial charge < -0.3 is 19.9 Å². The molecule has 1 aromatic heterocycles. The number of rotatable bonds is 13. The van der Waals surface area contributed by atoms with Gasteiger partial charge in [-0.25, -0.2) is 0 Å². The van der Waals surface area contributed by atoms with E-state index in [-0.39, 0.29) is 0 Å². The lowest BCUT2D eigenvalue weighted by Gasteiger charge is -2.27. The fraction of sp³-hybridized carbons (Fsp3) is 0.132. The van der Waals surface area contributed by atoms with Gasteiger partial charge in [0.2, 0.25) is 17.8 Å². The molecule has 0 aliphatic heterocycles. The second kappa shape index (κ2) is 14.7. The molecule has 224 valence electrons. The number of para-hydroxylation sites is 2. The Balaban J connectivity index is 1.46. The molecule has 0 unspecified atom stereocenters. The lowest BCUT2D eigenvalue weighted by Crippen LogP contribution is -2.28. The summed E-state index contributed by atoms with van der Waals surface area (Å²) < 4.78 is 5.63. The molecular formula is C38H36N6O. The molecule has 6 rings (SSSR count). The maximum atomic E-state index is 5.63. The van der Waals surface area contributed by atoms with Crippen molar-refractivity contribution in [2.45, 2.75) is 26.2 Å². The molecule has 0 amide bonds. The van der Waals surface area contributed by atoms with Gasteiger partial charge in [0.15, 0.2) is 0 Å². The van der Waals surface area contributed by atoms with Crippen molar-refractivity contribution in [2.24, 2.45) is 0 Å². The van der Waals surface area contributed by atoms with Crippen molar-refractivity contribution in [2.75, 3.05) is 22.2 Å². The number of methoxy groups -OCH3 is 1. The summed E-state index contributed by atoms with van der Waals surface area (Å²) in [6.07, 6.45) is 0. The number of benzene rings is 5. The largest absolute Gasteiger partial charge is 0.495 e. The van der Waals surface area contributed by atoms with Gasteiger partial charge in [-0.05, 0) is 34.4 Å². The van der Waals surface area contributed by atoms with E-state index in [0.717, 1.165) is 5.69 Å². The van der Waals surface area contributed by atoms with Crippen molar-refractivity contribution in [1.82, 2.24) is 15.0 Å². The fourth-order valence-electron chi connectivity index (χ4n) is 5.17. The van der Waals surface area contributed by atoms with Crippen LogP contribution in [0.3, 0.4) is 0 Å². The summed E-state index contributed by atoms with van der Waals surface area (Å²) in [4.78, 5) is 19.6. The van der Waals surface area contributed by atoms with E-state index >= 15 is 0 Å². The average Bonchev–Trinajstić information content (AvgIpc) is 3.10. The van der Waals surface area contributed by atoms with E-state index in [0.29, 0.717) is 49.8 Å². The first-order valence-corrected chi connectivity index (χ1v) is 15.1. The van der Waals surface area contributed by atoms with E-state index in [1.807, 2.05) is 48.5 Å². The van der Waals surface area contributed by atoms with Gasteiger partial charge in [0.1, 0.15) is 5.75 Å². The van der Waals surface area contributed by atoms with Gasteiger partial charge in [-0.1, -0.05) is 133 Å². The van der Waals surface area contributed by atoms with Crippen molar-refractivity contribution >= 4 is 23.5 Å². The van der Waals surface area contributed by atoms with E-state index in [4.69, 9.17) is 19.7 Å². The Bertz CT molecular complexity index is 1580. The second-order valence-electron chi connectivity index (χ2n) is 10.7. The SMILES string of the molecule is COc1ccccc1Nc1nc(N(Cc2ccccc2)Cc2ccccc2)nc(N(Cc2ccccc2)Cc2ccccc2)n1. The van der Waals surface area contributed by atoms with E-state index in [1.165, 1.54) is 22.3 Å². The Labute approximate surface area is 264 Å². The Kier molecular flexibility index (Phi) is 9.57. The molecule has 7 nitrogen and oxygen atoms in total. The number of hydrogen-bond acceptors (Lipinski definition) is 7. The summed E-state index contributed by atoms with van der Waals surface area (Å²) in [6.45, 7) is 2.52. The zero-order valence-electron chi connectivity index (χ0n) is 25.3. The minimum atomic E-state index is 0.441. The summed E-state index contributed by atoms with van der Waals surface area (Å²) in [7, 11) is 1.66. The molecule has 5 aromatic carbocycles. The number of anilines is 4. The first kappa shape index (κ1) is 29.4.